The van der Waals surface area contributed by atoms with Gasteiger partial charge in [-0.1, -0.05) is 17.7 Å². The maximum absolute atomic E-state index is 12.4. The van der Waals surface area contributed by atoms with Gasteiger partial charge in [0, 0.05) is 30.7 Å². The van der Waals surface area contributed by atoms with Gasteiger partial charge in [-0.3, -0.25) is 0 Å². The topological polar surface area (TPSA) is 76.9 Å². The molecule has 0 saturated heterocycles. The minimum absolute atomic E-state index is 0.304. The molecule has 0 amide bonds. The van der Waals surface area contributed by atoms with Gasteiger partial charge < -0.3 is 0 Å². The van der Waals surface area contributed by atoms with Crippen molar-refractivity contribution < 1.29 is 8.42 Å². The van der Waals surface area contributed by atoms with Gasteiger partial charge in [0.15, 0.2) is 0 Å². The van der Waals surface area contributed by atoms with Gasteiger partial charge in [-0.05, 0) is 31.5 Å². The van der Waals surface area contributed by atoms with Crippen LogP contribution in [0.4, 0.5) is 0 Å². The average Bonchev–Trinajstić information content (AvgIpc) is 3.17. The second-order valence-electron chi connectivity index (χ2n) is 5.49. The van der Waals surface area contributed by atoms with Crippen LogP contribution >= 0.6 is 11.3 Å². The second kappa shape index (κ2) is 6.84. The molecule has 0 unspecified atom stereocenters. The van der Waals surface area contributed by atoms with Crippen molar-refractivity contribution in [2.75, 3.05) is 6.54 Å². The van der Waals surface area contributed by atoms with Gasteiger partial charge in [0.25, 0.3) is 0 Å². The predicted molar refractivity (Wildman–Crippen MR) is 94.0 cm³/mol. The summed E-state index contributed by atoms with van der Waals surface area (Å²) in [5.41, 5.74) is 2.63. The Hall–Kier alpha value is -2.03. The molecule has 24 heavy (non-hydrogen) atoms. The zero-order chi connectivity index (χ0) is 17.2. The molecule has 1 aromatic carbocycles. The van der Waals surface area contributed by atoms with E-state index in [9.17, 15) is 8.42 Å². The Balaban J connectivity index is 1.63. The molecule has 0 spiro atoms. The largest absolute Gasteiger partial charge is 0.240 e. The van der Waals surface area contributed by atoms with E-state index in [4.69, 9.17) is 0 Å². The zero-order valence-electron chi connectivity index (χ0n) is 13.4. The van der Waals surface area contributed by atoms with Gasteiger partial charge >= 0.3 is 0 Å². The van der Waals surface area contributed by atoms with E-state index in [0.717, 1.165) is 22.0 Å². The number of nitrogens with one attached hydrogen (secondary N) is 1. The van der Waals surface area contributed by atoms with E-state index in [2.05, 4.69) is 14.8 Å². The van der Waals surface area contributed by atoms with Crippen molar-refractivity contribution in [1.82, 2.24) is 19.5 Å². The summed E-state index contributed by atoms with van der Waals surface area (Å²) in [5.74, 6) is 0. The summed E-state index contributed by atoms with van der Waals surface area (Å²) in [7, 11) is -3.51. The maximum Gasteiger partial charge on any atom is 0.240 e. The van der Waals surface area contributed by atoms with Crippen LogP contribution in [0.3, 0.4) is 0 Å². The summed E-state index contributed by atoms with van der Waals surface area (Å²) in [6.07, 6.45) is 4.05. The zero-order valence-corrected chi connectivity index (χ0v) is 15.1. The van der Waals surface area contributed by atoms with Gasteiger partial charge in [0.2, 0.25) is 15.2 Å². The monoisotopic (exact) mass is 362 g/mol. The lowest BCUT2D eigenvalue weighted by atomic mass is 10.2. The summed E-state index contributed by atoms with van der Waals surface area (Å²) < 4.78 is 29.1. The van der Waals surface area contributed by atoms with Crippen molar-refractivity contribution in [2.45, 2.75) is 25.2 Å². The minimum atomic E-state index is -3.51. The molecule has 0 aliphatic heterocycles. The highest BCUT2D eigenvalue weighted by Crippen LogP contribution is 2.17. The fourth-order valence-electron chi connectivity index (χ4n) is 2.39. The first-order valence-electron chi connectivity index (χ1n) is 7.47. The molecule has 0 aliphatic carbocycles. The van der Waals surface area contributed by atoms with Gasteiger partial charge in [0.1, 0.15) is 0 Å². The molecule has 3 rings (SSSR count). The Bertz CT molecular complexity index is 931. The Morgan fingerprint density at radius 2 is 2.12 bits per heavy atom. The van der Waals surface area contributed by atoms with Crippen LogP contribution in [-0.4, -0.2) is 29.7 Å². The third-order valence-electron chi connectivity index (χ3n) is 3.53. The van der Waals surface area contributed by atoms with E-state index in [-0.39, 0.29) is 0 Å². The Labute approximate surface area is 145 Å². The number of sulfonamides is 1. The lowest BCUT2D eigenvalue weighted by Crippen LogP contribution is -2.26. The summed E-state index contributed by atoms with van der Waals surface area (Å²) in [4.78, 5) is 4.78. The first-order valence-corrected chi connectivity index (χ1v) is 9.83. The molecule has 3 aromatic rings. The van der Waals surface area contributed by atoms with Gasteiger partial charge in [-0.15, -0.1) is 11.3 Å². The molecule has 0 radical (unpaired) electrons. The summed E-state index contributed by atoms with van der Waals surface area (Å²) in [6.45, 7) is 4.05. The number of hydrogen-bond donors (Lipinski definition) is 1. The van der Waals surface area contributed by atoms with E-state index in [1.165, 1.54) is 11.3 Å². The predicted octanol–water partition coefficient (Wildman–Crippen LogP) is 2.47. The lowest BCUT2D eigenvalue weighted by molar-refractivity contribution is 0.580. The van der Waals surface area contributed by atoms with Crippen LogP contribution in [0.25, 0.3) is 5.13 Å². The standard InChI is InChI=1S/C16H18N4O2S2/c1-12-4-5-15(13(2)10-12)24(21,22)18-8-6-14-11-23-16(19-14)20-9-3-7-17-20/h3-5,7,9-11,18H,6,8H2,1-2H3. The highest BCUT2D eigenvalue weighted by Gasteiger charge is 2.16. The number of aromatic nitrogens is 3. The van der Waals surface area contributed by atoms with Crippen LogP contribution in [0.2, 0.25) is 0 Å². The highest BCUT2D eigenvalue weighted by molar-refractivity contribution is 7.89. The van der Waals surface area contributed by atoms with E-state index in [1.807, 2.05) is 30.6 Å². The molecular weight excluding hydrogens is 344 g/mol. The van der Waals surface area contributed by atoms with Crippen LogP contribution in [-0.2, 0) is 16.4 Å². The molecule has 0 bridgehead atoms. The van der Waals surface area contributed by atoms with Gasteiger partial charge in [-0.2, -0.15) is 5.10 Å². The average molecular weight is 362 g/mol. The minimum Gasteiger partial charge on any atom is -0.223 e. The second-order valence-corrected chi connectivity index (χ2v) is 8.06. The fourth-order valence-corrected chi connectivity index (χ4v) is 4.44. The first-order chi connectivity index (χ1) is 11.5. The van der Waals surface area contributed by atoms with Gasteiger partial charge in [0.05, 0.1) is 10.6 Å². The number of thiazole rings is 1. The van der Waals surface area contributed by atoms with Crippen LogP contribution in [0.1, 0.15) is 16.8 Å². The van der Waals surface area contributed by atoms with Crippen molar-refractivity contribution in [3.63, 3.8) is 0 Å². The molecule has 126 valence electrons. The SMILES string of the molecule is Cc1ccc(S(=O)(=O)NCCc2csc(-n3cccn3)n2)c(C)c1. The van der Waals surface area contributed by atoms with Crippen LogP contribution in [0, 0.1) is 13.8 Å². The maximum atomic E-state index is 12.4. The van der Waals surface area contributed by atoms with Crippen LogP contribution in [0.5, 0.6) is 0 Å². The third-order valence-corrected chi connectivity index (χ3v) is 6.03. The number of hydrogen-bond acceptors (Lipinski definition) is 5. The Kier molecular flexibility index (Phi) is 4.79. The smallest absolute Gasteiger partial charge is 0.223 e. The number of aryl methyl sites for hydroxylation is 2. The molecule has 0 aliphatic rings. The number of benzene rings is 1. The Morgan fingerprint density at radius 3 is 2.83 bits per heavy atom. The van der Waals surface area contributed by atoms with E-state index >= 15 is 0 Å². The molecule has 2 heterocycles. The van der Waals surface area contributed by atoms with E-state index in [0.29, 0.717) is 17.9 Å². The Morgan fingerprint density at radius 1 is 1.29 bits per heavy atom. The first kappa shape index (κ1) is 16.8. The third kappa shape index (κ3) is 3.72. The van der Waals surface area contributed by atoms with Gasteiger partial charge in [-0.25, -0.2) is 22.8 Å². The summed E-state index contributed by atoms with van der Waals surface area (Å²) in [5, 5.41) is 6.82. The molecular formula is C16H18N4O2S2. The quantitative estimate of drug-likeness (QED) is 0.731. The van der Waals surface area contributed by atoms with E-state index in [1.54, 1.807) is 29.9 Å². The van der Waals surface area contributed by atoms with Crippen LogP contribution < -0.4 is 4.72 Å². The molecule has 0 atom stereocenters. The van der Waals surface area contributed by atoms with Crippen molar-refractivity contribution in [1.29, 1.82) is 0 Å². The normalized spacial score (nSPS) is 11.8. The molecule has 1 N–H and O–H groups in total. The molecule has 0 fully saturated rings. The van der Waals surface area contributed by atoms with Crippen molar-refractivity contribution >= 4 is 21.4 Å². The summed E-state index contributed by atoms with van der Waals surface area (Å²) >= 11 is 1.48. The van der Waals surface area contributed by atoms with Crippen molar-refractivity contribution in [3.8, 4) is 5.13 Å². The van der Waals surface area contributed by atoms with Crippen molar-refractivity contribution in [3.05, 3.63) is 58.9 Å². The lowest BCUT2D eigenvalue weighted by Gasteiger charge is -2.09. The fraction of sp³-hybridized carbons (Fsp3) is 0.250. The van der Waals surface area contributed by atoms with Crippen LogP contribution in [0.15, 0.2) is 46.9 Å². The molecule has 6 nitrogen and oxygen atoms in total. The molecule has 0 saturated carbocycles. The number of nitrogens with zero attached hydrogens (tertiary/aromatic N) is 3. The molecule has 2 aromatic heterocycles. The number of rotatable bonds is 6. The molecule has 8 heteroatoms. The highest BCUT2D eigenvalue weighted by atomic mass is 32.2. The van der Waals surface area contributed by atoms with Crippen molar-refractivity contribution in [2.24, 2.45) is 0 Å². The van der Waals surface area contributed by atoms with E-state index < -0.39 is 10.0 Å². The summed E-state index contributed by atoms with van der Waals surface area (Å²) in [6, 6.07) is 7.15.